The van der Waals surface area contributed by atoms with Crippen LogP contribution >= 0.6 is 11.6 Å². The van der Waals surface area contributed by atoms with Gasteiger partial charge >= 0.3 is 0 Å². The van der Waals surface area contributed by atoms with Crippen LogP contribution < -0.4 is 0 Å². The first-order valence-electron chi connectivity index (χ1n) is 5.85. The molecular weight excluding hydrogens is 196 g/mol. The van der Waals surface area contributed by atoms with E-state index in [9.17, 15) is 0 Å². The molecule has 0 aromatic heterocycles. The van der Waals surface area contributed by atoms with Crippen molar-refractivity contribution in [2.45, 2.75) is 32.1 Å². The lowest BCUT2D eigenvalue weighted by Gasteiger charge is -2.31. The van der Waals surface area contributed by atoms with E-state index in [1.54, 1.807) is 0 Å². The summed E-state index contributed by atoms with van der Waals surface area (Å²) in [6.45, 7) is 11.6. The molecular formula is C11H23ClN2. The summed E-state index contributed by atoms with van der Waals surface area (Å²) < 4.78 is 0. The van der Waals surface area contributed by atoms with Gasteiger partial charge in [-0.25, -0.2) is 0 Å². The molecule has 0 bridgehead atoms. The van der Waals surface area contributed by atoms with Gasteiger partial charge in [0.2, 0.25) is 0 Å². The van der Waals surface area contributed by atoms with E-state index in [0.29, 0.717) is 5.38 Å². The van der Waals surface area contributed by atoms with Gasteiger partial charge in [-0.05, 0) is 39.0 Å². The zero-order valence-corrected chi connectivity index (χ0v) is 10.3. The van der Waals surface area contributed by atoms with Gasteiger partial charge < -0.3 is 9.80 Å². The summed E-state index contributed by atoms with van der Waals surface area (Å²) in [5.41, 5.74) is 0. The van der Waals surface area contributed by atoms with Gasteiger partial charge in [0.15, 0.2) is 0 Å². The number of piperidine rings is 1. The Bertz CT molecular complexity index is 140. The predicted octanol–water partition coefficient (Wildman–Crippen LogP) is 2.03. The Kier molecular flexibility index (Phi) is 5.83. The highest BCUT2D eigenvalue weighted by molar-refractivity contribution is 6.20. The van der Waals surface area contributed by atoms with Crippen LogP contribution in [0, 0.1) is 0 Å². The van der Waals surface area contributed by atoms with Crippen molar-refractivity contribution < 1.29 is 0 Å². The smallest absolute Gasteiger partial charge is 0.0360 e. The number of nitrogens with zero attached hydrogens (tertiary/aromatic N) is 2. The maximum Gasteiger partial charge on any atom is 0.0360 e. The van der Waals surface area contributed by atoms with Crippen molar-refractivity contribution in [2.24, 2.45) is 0 Å². The third kappa shape index (κ3) is 4.16. The molecule has 14 heavy (non-hydrogen) atoms. The Hall–Kier alpha value is 0.210. The van der Waals surface area contributed by atoms with Gasteiger partial charge in [0.1, 0.15) is 0 Å². The number of likely N-dealkylation sites (tertiary alicyclic amines) is 1. The fraction of sp³-hybridized carbons (Fsp3) is 1.00. The van der Waals surface area contributed by atoms with Crippen molar-refractivity contribution >= 4 is 11.6 Å². The van der Waals surface area contributed by atoms with Crippen LogP contribution in [0.3, 0.4) is 0 Å². The van der Waals surface area contributed by atoms with Gasteiger partial charge in [-0.2, -0.15) is 0 Å². The monoisotopic (exact) mass is 218 g/mol. The largest absolute Gasteiger partial charge is 0.303 e. The molecule has 0 aromatic rings. The maximum absolute atomic E-state index is 6.06. The molecule has 2 nitrogen and oxygen atoms in total. The van der Waals surface area contributed by atoms with Crippen LogP contribution in [0.25, 0.3) is 0 Å². The highest BCUT2D eigenvalue weighted by Crippen LogP contribution is 2.14. The Labute approximate surface area is 93.2 Å². The second kappa shape index (κ2) is 6.65. The fourth-order valence-electron chi connectivity index (χ4n) is 1.95. The molecule has 1 saturated heterocycles. The summed E-state index contributed by atoms with van der Waals surface area (Å²) >= 11 is 6.06. The first kappa shape index (κ1) is 12.3. The van der Waals surface area contributed by atoms with Crippen LogP contribution in [0.15, 0.2) is 0 Å². The summed E-state index contributed by atoms with van der Waals surface area (Å²) in [4.78, 5) is 5.02. The van der Waals surface area contributed by atoms with E-state index in [2.05, 4.69) is 23.6 Å². The Morgan fingerprint density at radius 1 is 1.21 bits per heavy atom. The molecule has 0 aliphatic carbocycles. The standard InChI is InChI=1S/C11H23ClN2/c1-3-13(4-2)9-10-14-7-5-11(12)6-8-14/h11H,3-10H2,1-2H3. The summed E-state index contributed by atoms with van der Waals surface area (Å²) in [6, 6.07) is 0. The van der Waals surface area contributed by atoms with Crippen molar-refractivity contribution in [2.75, 3.05) is 39.3 Å². The van der Waals surface area contributed by atoms with Crippen molar-refractivity contribution in [1.82, 2.24) is 9.80 Å². The third-order valence-corrected chi connectivity index (χ3v) is 3.58. The van der Waals surface area contributed by atoms with Crippen LogP contribution in [-0.2, 0) is 0 Å². The number of alkyl halides is 1. The van der Waals surface area contributed by atoms with Gasteiger partial charge in [0.05, 0.1) is 0 Å². The highest BCUT2D eigenvalue weighted by atomic mass is 35.5. The Morgan fingerprint density at radius 3 is 2.29 bits per heavy atom. The molecule has 1 aliphatic heterocycles. The van der Waals surface area contributed by atoms with Crippen LogP contribution in [0.1, 0.15) is 26.7 Å². The van der Waals surface area contributed by atoms with Gasteiger partial charge in [-0.3, -0.25) is 0 Å². The van der Waals surface area contributed by atoms with E-state index >= 15 is 0 Å². The lowest BCUT2D eigenvalue weighted by Crippen LogP contribution is -2.39. The number of rotatable bonds is 5. The molecule has 1 aliphatic rings. The van der Waals surface area contributed by atoms with Gasteiger partial charge in [-0.1, -0.05) is 13.8 Å². The zero-order chi connectivity index (χ0) is 10.4. The first-order valence-corrected chi connectivity index (χ1v) is 6.28. The maximum atomic E-state index is 6.06. The predicted molar refractivity (Wildman–Crippen MR) is 63.1 cm³/mol. The average Bonchev–Trinajstić information content (AvgIpc) is 2.22. The summed E-state index contributed by atoms with van der Waals surface area (Å²) in [5.74, 6) is 0. The van der Waals surface area contributed by atoms with Gasteiger partial charge in [-0.15, -0.1) is 11.6 Å². The molecule has 3 heteroatoms. The number of likely N-dealkylation sites (N-methyl/N-ethyl adjacent to an activating group) is 1. The molecule has 1 heterocycles. The van der Waals surface area contributed by atoms with Crippen molar-refractivity contribution in [3.05, 3.63) is 0 Å². The molecule has 0 amide bonds. The van der Waals surface area contributed by atoms with Crippen molar-refractivity contribution in [3.63, 3.8) is 0 Å². The number of halogens is 1. The summed E-state index contributed by atoms with van der Waals surface area (Å²) in [6.07, 6.45) is 2.33. The molecule has 0 aromatic carbocycles. The topological polar surface area (TPSA) is 6.48 Å². The van der Waals surface area contributed by atoms with Crippen LogP contribution in [0.5, 0.6) is 0 Å². The molecule has 0 spiro atoms. The van der Waals surface area contributed by atoms with E-state index in [1.165, 1.54) is 52.1 Å². The number of hydrogen-bond acceptors (Lipinski definition) is 2. The molecule has 1 fully saturated rings. The minimum Gasteiger partial charge on any atom is -0.303 e. The lowest BCUT2D eigenvalue weighted by molar-refractivity contribution is 0.190. The molecule has 0 radical (unpaired) electrons. The van der Waals surface area contributed by atoms with Gasteiger partial charge in [0.25, 0.3) is 0 Å². The molecule has 0 saturated carbocycles. The first-order chi connectivity index (χ1) is 6.76. The van der Waals surface area contributed by atoms with Crippen LogP contribution in [0.4, 0.5) is 0 Å². The van der Waals surface area contributed by atoms with E-state index in [1.807, 2.05) is 0 Å². The molecule has 0 atom stereocenters. The van der Waals surface area contributed by atoms with Crippen LogP contribution in [0.2, 0.25) is 0 Å². The second-order valence-corrected chi connectivity index (χ2v) is 4.66. The van der Waals surface area contributed by atoms with E-state index in [4.69, 9.17) is 11.6 Å². The Balaban J connectivity index is 2.12. The lowest BCUT2D eigenvalue weighted by atomic mass is 10.1. The van der Waals surface area contributed by atoms with Crippen LogP contribution in [-0.4, -0.2) is 54.4 Å². The minimum atomic E-state index is 0.430. The van der Waals surface area contributed by atoms with Crippen molar-refractivity contribution in [1.29, 1.82) is 0 Å². The highest BCUT2D eigenvalue weighted by Gasteiger charge is 2.16. The average molecular weight is 219 g/mol. The van der Waals surface area contributed by atoms with E-state index in [0.717, 1.165) is 0 Å². The van der Waals surface area contributed by atoms with Gasteiger partial charge in [0, 0.05) is 18.5 Å². The quantitative estimate of drug-likeness (QED) is 0.652. The fourth-order valence-corrected chi connectivity index (χ4v) is 2.14. The molecule has 1 rings (SSSR count). The normalized spacial score (nSPS) is 20.6. The molecule has 0 N–H and O–H groups in total. The third-order valence-electron chi connectivity index (χ3n) is 3.14. The zero-order valence-electron chi connectivity index (χ0n) is 9.51. The van der Waals surface area contributed by atoms with E-state index < -0.39 is 0 Å². The molecule has 84 valence electrons. The SMILES string of the molecule is CCN(CC)CCN1CCC(Cl)CC1. The van der Waals surface area contributed by atoms with Crippen molar-refractivity contribution in [3.8, 4) is 0 Å². The summed E-state index contributed by atoms with van der Waals surface area (Å²) in [5, 5.41) is 0.430. The summed E-state index contributed by atoms with van der Waals surface area (Å²) in [7, 11) is 0. The minimum absolute atomic E-state index is 0.430. The molecule has 0 unspecified atom stereocenters. The number of hydrogen-bond donors (Lipinski definition) is 0. The van der Waals surface area contributed by atoms with E-state index in [-0.39, 0.29) is 0 Å². The Morgan fingerprint density at radius 2 is 1.79 bits per heavy atom. The second-order valence-electron chi connectivity index (χ2n) is 4.04.